The van der Waals surface area contributed by atoms with E-state index in [9.17, 15) is 10.1 Å². The maximum atomic E-state index is 10.5. The van der Waals surface area contributed by atoms with Gasteiger partial charge in [0.15, 0.2) is 0 Å². The third-order valence-corrected chi connectivity index (χ3v) is 2.19. The number of aromatic nitrogens is 1. The van der Waals surface area contributed by atoms with Crippen LogP contribution in [0.5, 0.6) is 0 Å². The fraction of sp³-hybridized carbons (Fsp3) is 0.500. The van der Waals surface area contributed by atoms with Crippen LogP contribution in [0.3, 0.4) is 0 Å². The second-order valence-corrected chi connectivity index (χ2v) is 3.53. The molecule has 0 saturated carbocycles. The second-order valence-electron chi connectivity index (χ2n) is 3.53. The normalized spacial score (nSPS) is 10.3. The Bertz CT molecular complexity index is 399. The van der Waals surface area contributed by atoms with Gasteiger partial charge < -0.3 is 21.1 Å². The van der Waals surface area contributed by atoms with E-state index in [1.807, 2.05) is 0 Å². The van der Waals surface area contributed by atoms with E-state index in [1.54, 1.807) is 7.11 Å². The molecule has 1 heterocycles. The van der Waals surface area contributed by atoms with Crippen LogP contribution in [0.4, 0.5) is 17.3 Å². The number of nitro groups is 1. The molecular weight excluding hydrogens is 238 g/mol. The van der Waals surface area contributed by atoms with Crippen molar-refractivity contribution in [2.45, 2.75) is 0 Å². The van der Waals surface area contributed by atoms with E-state index in [0.717, 1.165) is 13.1 Å². The molecule has 18 heavy (non-hydrogen) atoms. The number of methoxy groups -OCH3 is 1. The van der Waals surface area contributed by atoms with Gasteiger partial charge in [0.1, 0.15) is 5.82 Å². The molecule has 0 radical (unpaired) electrons. The number of nitrogens with zero attached hydrogens (tertiary/aromatic N) is 2. The van der Waals surface area contributed by atoms with E-state index < -0.39 is 4.92 Å². The van der Waals surface area contributed by atoms with E-state index in [-0.39, 0.29) is 11.5 Å². The number of pyridine rings is 1. The molecule has 0 unspecified atom stereocenters. The lowest BCUT2D eigenvalue weighted by Gasteiger charge is -2.07. The Hall–Kier alpha value is -1.93. The van der Waals surface area contributed by atoms with Crippen molar-refractivity contribution in [3.05, 3.63) is 22.2 Å². The molecule has 8 nitrogen and oxygen atoms in total. The summed E-state index contributed by atoms with van der Waals surface area (Å²) in [7, 11) is 1.64. The first-order valence-corrected chi connectivity index (χ1v) is 5.49. The summed E-state index contributed by atoms with van der Waals surface area (Å²) in [5.41, 5.74) is 5.29. The Balaban J connectivity index is 2.35. The largest absolute Gasteiger partial charge is 0.383 e. The molecule has 0 fully saturated rings. The van der Waals surface area contributed by atoms with Crippen LogP contribution >= 0.6 is 0 Å². The van der Waals surface area contributed by atoms with Crippen LogP contribution in [0.15, 0.2) is 12.1 Å². The Morgan fingerprint density at radius 3 is 2.83 bits per heavy atom. The topological polar surface area (TPSA) is 115 Å². The highest BCUT2D eigenvalue weighted by Gasteiger charge is 2.12. The number of nitrogens with two attached hydrogens (primary N) is 1. The van der Waals surface area contributed by atoms with Gasteiger partial charge in [0.25, 0.3) is 0 Å². The first-order chi connectivity index (χ1) is 8.65. The van der Waals surface area contributed by atoms with Gasteiger partial charge in [0, 0.05) is 32.8 Å². The minimum absolute atomic E-state index is 0.0858. The molecule has 0 spiro atoms. The summed E-state index contributed by atoms with van der Waals surface area (Å²) >= 11 is 0. The summed E-state index contributed by atoms with van der Waals surface area (Å²) in [6, 6.07) is 2.87. The van der Waals surface area contributed by atoms with Gasteiger partial charge in [-0.05, 0) is 6.07 Å². The van der Waals surface area contributed by atoms with Gasteiger partial charge in [-0.15, -0.1) is 0 Å². The molecule has 0 aliphatic carbocycles. The highest BCUT2D eigenvalue weighted by molar-refractivity contribution is 5.57. The quantitative estimate of drug-likeness (QED) is 0.345. The van der Waals surface area contributed by atoms with Crippen LogP contribution < -0.4 is 16.4 Å². The monoisotopic (exact) mass is 255 g/mol. The Kier molecular flexibility index (Phi) is 5.81. The average Bonchev–Trinajstić information content (AvgIpc) is 2.33. The fourth-order valence-electron chi connectivity index (χ4n) is 1.30. The summed E-state index contributed by atoms with van der Waals surface area (Å²) in [4.78, 5) is 13.9. The van der Waals surface area contributed by atoms with Crippen molar-refractivity contribution in [2.75, 3.05) is 44.4 Å². The zero-order valence-corrected chi connectivity index (χ0v) is 10.2. The fourth-order valence-corrected chi connectivity index (χ4v) is 1.30. The van der Waals surface area contributed by atoms with E-state index >= 15 is 0 Å². The summed E-state index contributed by atoms with van der Waals surface area (Å²) < 4.78 is 4.88. The van der Waals surface area contributed by atoms with Gasteiger partial charge in [-0.1, -0.05) is 0 Å². The highest BCUT2D eigenvalue weighted by atomic mass is 16.6. The lowest BCUT2D eigenvalue weighted by Crippen LogP contribution is -2.25. The SMILES string of the molecule is COCCNCCNc1ccc([N+](=O)[O-])c(N)n1. The van der Waals surface area contributed by atoms with Crippen LogP contribution in [-0.2, 0) is 4.74 Å². The maximum Gasteiger partial charge on any atom is 0.311 e. The molecule has 0 aliphatic heterocycles. The standard InChI is InChI=1S/C10H17N5O3/c1-18-7-6-12-4-5-13-9-3-2-8(15(16)17)10(11)14-9/h2-3,12H,4-7H2,1H3,(H3,11,13,14). The predicted octanol–water partition coefficient (Wildman–Crippen LogP) is 0.220. The van der Waals surface area contributed by atoms with Crippen LogP contribution in [0.2, 0.25) is 0 Å². The van der Waals surface area contributed by atoms with Crippen LogP contribution in [0, 0.1) is 10.1 Å². The predicted molar refractivity (Wildman–Crippen MR) is 68.5 cm³/mol. The van der Waals surface area contributed by atoms with E-state index in [0.29, 0.717) is 19.0 Å². The smallest absolute Gasteiger partial charge is 0.311 e. The summed E-state index contributed by atoms with van der Waals surface area (Å²) in [6.45, 7) is 2.81. The Morgan fingerprint density at radius 2 is 2.22 bits per heavy atom. The number of anilines is 2. The molecule has 0 bridgehead atoms. The minimum Gasteiger partial charge on any atom is -0.383 e. The van der Waals surface area contributed by atoms with Crippen molar-refractivity contribution in [1.29, 1.82) is 0 Å². The molecule has 100 valence electrons. The summed E-state index contributed by atoms with van der Waals surface area (Å²) in [5.74, 6) is 0.434. The van der Waals surface area contributed by atoms with Crippen molar-refractivity contribution in [3.8, 4) is 0 Å². The van der Waals surface area contributed by atoms with Gasteiger partial charge in [0.05, 0.1) is 11.5 Å². The van der Waals surface area contributed by atoms with Crippen molar-refractivity contribution in [3.63, 3.8) is 0 Å². The van der Waals surface area contributed by atoms with Crippen LogP contribution in [0.1, 0.15) is 0 Å². The average molecular weight is 255 g/mol. The number of nitrogens with one attached hydrogen (secondary N) is 2. The van der Waals surface area contributed by atoms with E-state index in [1.165, 1.54) is 12.1 Å². The third-order valence-electron chi connectivity index (χ3n) is 2.19. The Morgan fingerprint density at radius 1 is 1.44 bits per heavy atom. The number of rotatable bonds is 8. The molecule has 1 rings (SSSR count). The highest BCUT2D eigenvalue weighted by Crippen LogP contribution is 2.20. The van der Waals surface area contributed by atoms with Crippen LogP contribution in [0.25, 0.3) is 0 Å². The molecular formula is C10H17N5O3. The molecule has 0 atom stereocenters. The van der Waals surface area contributed by atoms with Gasteiger partial charge in [-0.25, -0.2) is 4.98 Å². The minimum atomic E-state index is -0.557. The first-order valence-electron chi connectivity index (χ1n) is 5.49. The van der Waals surface area contributed by atoms with Crippen molar-refractivity contribution in [1.82, 2.24) is 10.3 Å². The number of hydrogen-bond donors (Lipinski definition) is 3. The summed E-state index contributed by atoms with van der Waals surface area (Å²) in [5, 5.41) is 16.7. The van der Waals surface area contributed by atoms with Gasteiger partial charge in [-0.3, -0.25) is 10.1 Å². The number of hydrogen-bond acceptors (Lipinski definition) is 7. The molecule has 1 aromatic rings. The van der Waals surface area contributed by atoms with Gasteiger partial charge in [-0.2, -0.15) is 0 Å². The lowest BCUT2D eigenvalue weighted by molar-refractivity contribution is -0.384. The van der Waals surface area contributed by atoms with Gasteiger partial charge in [0.2, 0.25) is 5.82 Å². The zero-order chi connectivity index (χ0) is 13.4. The first kappa shape index (κ1) is 14.1. The van der Waals surface area contributed by atoms with E-state index in [2.05, 4.69) is 15.6 Å². The molecule has 0 aliphatic rings. The maximum absolute atomic E-state index is 10.5. The molecule has 0 aromatic carbocycles. The third kappa shape index (κ3) is 4.52. The number of nitrogen functional groups attached to an aromatic ring is 1. The van der Waals surface area contributed by atoms with Crippen molar-refractivity contribution < 1.29 is 9.66 Å². The lowest BCUT2D eigenvalue weighted by atomic mass is 10.4. The molecule has 0 amide bonds. The Labute approximate surface area is 105 Å². The van der Waals surface area contributed by atoms with Crippen LogP contribution in [-0.4, -0.2) is 43.3 Å². The molecule has 1 aromatic heterocycles. The molecule has 4 N–H and O–H groups in total. The summed E-state index contributed by atoms with van der Waals surface area (Å²) in [6.07, 6.45) is 0. The van der Waals surface area contributed by atoms with Crippen molar-refractivity contribution >= 4 is 17.3 Å². The molecule has 0 saturated heterocycles. The molecule has 8 heteroatoms. The zero-order valence-electron chi connectivity index (χ0n) is 10.2. The van der Waals surface area contributed by atoms with E-state index in [4.69, 9.17) is 10.5 Å². The number of ether oxygens (including phenoxy) is 1. The van der Waals surface area contributed by atoms with Gasteiger partial charge >= 0.3 is 5.69 Å². The second kappa shape index (κ2) is 7.41. The van der Waals surface area contributed by atoms with Crippen molar-refractivity contribution in [2.24, 2.45) is 0 Å².